The van der Waals surface area contributed by atoms with Crippen molar-refractivity contribution in [2.24, 2.45) is 11.3 Å². The van der Waals surface area contributed by atoms with Crippen molar-refractivity contribution in [2.75, 3.05) is 31.1 Å². The molecule has 12 heteroatoms. The van der Waals surface area contributed by atoms with E-state index in [0.717, 1.165) is 42.7 Å². The van der Waals surface area contributed by atoms with E-state index in [4.69, 9.17) is 4.74 Å². The van der Waals surface area contributed by atoms with E-state index in [1.54, 1.807) is 22.5 Å². The minimum Gasteiger partial charge on any atom is -0.444 e. The lowest BCUT2D eigenvalue weighted by Crippen LogP contribution is -2.38. The number of carbonyl (C=O) groups is 2. The summed E-state index contributed by atoms with van der Waals surface area (Å²) in [6.07, 6.45) is 0.0416. The van der Waals surface area contributed by atoms with Gasteiger partial charge >= 0.3 is 12.3 Å². The summed E-state index contributed by atoms with van der Waals surface area (Å²) in [5.74, 6) is 0.0544. The Bertz CT molecular complexity index is 1700. The molecular formula is C36H42F3N5O3S. The lowest BCUT2D eigenvalue weighted by atomic mass is 9.73. The van der Waals surface area contributed by atoms with Gasteiger partial charge in [-0.1, -0.05) is 18.6 Å². The van der Waals surface area contributed by atoms with E-state index in [9.17, 15) is 22.8 Å². The highest BCUT2D eigenvalue weighted by Crippen LogP contribution is 2.47. The van der Waals surface area contributed by atoms with E-state index in [1.165, 1.54) is 22.3 Å². The molecule has 3 fully saturated rings. The Kier molecular flexibility index (Phi) is 8.33. The van der Waals surface area contributed by atoms with Crippen LogP contribution in [-0.2, 0) is 17.5 Å². The Morgan fingerprint density at radius 3 is 2.50 bits per heavy atom. The highest BCUT2D eigenvalue weighted by Gasteiger charge is 2.47. The summed E-state index contributed by atoms with van der Waals surface area (Å²) in [4.78, 5) is 32.1. The van der Waals surface area contributed by atoms with Crippen LogP contribution in [0.15, 0.2) is 41.9 Å². The van der Waals surface area contributed by atoms with Crippen LogP contribution in [0, 0.1) is 11.3 Å². The van der Waals surface area contributed by atoms with Crippen molar-refractivity contribution in [3.05, 3.63) is 74.7 Å². The zero-order chi connectivity index (χ0) is 34.0. The highest BCUT2D eigenvalue weighted by atomic mass is 32.1. The second kappa shape index (κ2) is 12.1. The smallest absolute Gasteiger partial charge is 0.416 e. The third-order valence-corrected chi connectivity index (χ3v) is 11.5. The highest BCUT2D eigenvalue weighted by molar-refractivity contribution is 7.09. The molecule has 0 N–H and O–H groups in total. The van der Waals surface area contributed by atoms with E-state index in [2.05, 4.69) is 15.1 Å². The van der Waals surface area contributed by atoms with Crippen molar-refractivity contribution in [3.8, 4) is 0 Å². The minimum absolute atomic E-state index is 0.0233. The average Bonchev–Trinajstić information content (AvgIpc) is 3.81. The molecule has 7 rings (SSSR count). The minimum atomic E-state index is -4.61. The number of hydrogen-bond donors (Lipinski definition) is 0. The first kappa shape index (κ1) is 33.0. The standard InChI is InChI=1S/C36H42F3N5O3S/c1-22(42-13-11-35(19-42)12-14-43(20-35)33(46)47-34(2,3)4)25-16-27-28(29(17-25)36(37,38)39)18-44(32(27)45)26-10-6-9-24(15-26)30(23-7-5-8-23)31-41-40-21-48-31/h6,9-10,15-17,21-23,30H,5,7-8,11-14,18-20H2,1-4H3/t22?,30-,35+/m1/s1. The van der Waals surface area contributed by atoms with Crippen LogP contribution in [0.25, 0.3) is 0 Å². The monoisotopic (exact) mass is 681 g/mol. The van der Waals surface area contributed by atoms with Gasteiger partial charge in [-0.25, -0.2) is 4.79 Å². The number of alkyl halides is 3. The van der Waals surface area contributed by atoms with E-state index >= 15 is 0 Å². The molecule has 256 valence electrons. The van der Waals surface area contributed by atoms with Crippen molar-refractivity contribution in [1.82, 2.24) is 20.0 Å². The van der Waals surface area contributed by atoms with Crippen molar-refractivity contribution in [1.29, 1.82) is 0 Å². The van der Waals surface area contributed by atoms with Gasteiger partial charge in [-0.2, -0.15) is 13.2 Å². The largest absolute Gasteiger partial charge is 0.444 e. The Balaban J connectivity index is 1.13. The predicted molar refractivity (Wildman–Crippen MR) is 177 cm³/mol. The number of ether oxygens (including phenoxy) is 1. The third kappa shape index (κ3) is 6.21. The van der Waals surface area contributed by atoms with Gasteiger partial charge in [0, 0.05) is 48.3 Å². The van der Waals surface area contributed by atoms with Gasteiger partial charge in [0.25, 0.3) is 5.91 Å². The van der Waals surface area contributed by atoms with Gasteiger partial charge < -0.3 is 14.5 Å². The van der Waals surface area contributed by atoms with Crippen molar-refractivity contribution in [3.63, 3.8) is 0 Å². The predicted octanol–water partition coefficient (Wildman–Crippen LogP) is 8.04. The van der Waals surface area contributed by atoms with Crippen LogP contribution in [0.4, 0.5) is 23.7 Å². The van der Waals surface area contributed by atoms with Crippen molar-refractivity contribution < 1.29 is 27.5 Å². The summed E-state index contributed by atoms with van der Waals surface area (Å²) in [7, 11) is 0. The Labute approximate surface area is 283 Å². The molecule has 1 aliphatic carbocycles. The number of carbonyl (C=O) groups excluding carboxylic acids is 2. The molecule has 2 saturated heterocycles. The summed E-state index contributed by atoms with van der Waals surface area (Å²) in [6.45, 7) is 9.83. The average molecular weight is 682 g/mol. The topological polar surface area (TPSA) is 78.9 Å². The molecule has 1 saturated carbocycles. The summed E-state index contributed by atoms with van der Waals surface area (Å²) >= 11 is 1.51. The van der Waals surface area contributed by atoms with Gasteiger partial charge in [0.2, 0.25) is 0 Å². The number of halogens is 3. The maximum absolute atomic E-state index is 14.7. The Morgan fingerprint density at radius 1 is 1.06 bits per heavy atom. The van der Waals surface area contributed by atoms with E-state index in [1.807, 2.05) is 45.9 Å². The van der Waals surface area contributed by atoms with Crippen LogP contribution in [0.5, 0.6) is 0 Å². The molecule has 1 unspecified atom stereocenters. The van der Waals surface area contributed by atoms with E-state index in [-0.39, 0.29) is 41.1 Å². The first-order valence-electron chi connectivity index (χ1n) is 16.9. The second-order valence-electron chi connectivity index (χ2n) is 15.1. The molecule has 0 radical (unpaired) electrons. The molecule has 8 nitrogen and oxygen atoms in total. The Hall–Kier alpha value is -3.51. The molecule has 3 aliphatic heterocycles. The first-order chi connectivity index (χ1) is 22.7. The zero-order valence-electron chi connectivity index (χ0n) is 27.8. The maximum Gasteiger partial charge on any atom is 0.416 e. The molecule has 1 aromatic heterocycles. The number of likely N-dealkylation sites (tertiary alicyclic amines) is 2. The number of fused-ring (bicyclic) bond motifs is 1. The normalized spacial score (nSPS) is 23.1. The molecule has 4 heterocycles. The number of benzene rings is 2. The van der Waals surface area contributed by atoms with Gasteiger partial charge in [0.1, 0.15) is 16.1 Å². The fraction of sp³-hybridized carbons (Fsp3) is 0.556. The Morgan fingerprint density at radius 2 is 1.83 bits per heavy atom. The van der Waals surface area contributed by atoms with Crippen molar-refractivity contribution >= 4 is 29.0 Å². The molecule has 0 bridgehead atoms. The second-order valence-corrected chi connectivity index (χ2v) is 15.9. The third-order valence-electron chi connectivity index (χ3n) is 10.8. The van der Waals surface area contributed by atoms with Crippen LogP contribution in [0.2, 0.25) is 0 Å². The van der Waals surface area contributed by atoms with Gasteiger partial charge in [-0.3, -0.25) is 9.69 Å². The van der Waals surface area contributed by atoms with Crippen molar-refractivity contribution in [2.45, 2.75) is 90.1 Å². The molecule has 48 heavy (non-hydrogen) atoms. The number of aromatic nitrogens is 2. The molecule has 4 aliphatic rings. The number of amides is 2. The number of anilines is 1. The van der Waals surface area contributed by atoms with Gasteiger partial charge in [0.05, 0.1) is 12.1 Å². The summed E-state index contributed by atoms with van der Waals surface area (Å²) < 4.78 is 49.5. The maximum atomic E-state index is 14.7. The molecule has 2 amide bonds. The van der Waals surface area contributed by atoms with Crippen LogP contribution in [0.3, 0.4) is 0 Å². The van der Waals surface area contributed by atoms with Crippen LogP contribution in [0.1, 0.15) is 109 Å². The van der Waals surface area contributed by atoms with Crippen LogP contribution in [-0.4, -0.2) is 63.8 Å². The summed E-state index contributed by atoms with van der Waals surface area (Å²) in [5, 5.41) is 9.32. The number of nitrogens with zero attached hydrogens (tertiary/aromatic N) is 5. The number of rotatable bonds is 6. The van der Waals surface area contributed by atoms with Gasteiger partial charge in [-0.05, 0) is 107 Å². The summed E-state index contributed by atoms with van der Waals surface area (Å²) in [6, 6.07) is 10.2. The van der Waals surface area contributed by atoms with E-state index in [0.29, 0.717) is 43.3 Å². The molecule has 1 spiro atoms. The number of hydrogen-bond acceptors (Lipinski definition) is 7. The molecule has 3 atom stereocenters. The van der Waals surface area contributed by atoms with Gasteiger partial charge in [-0.15, -0.1) is 21.5 Å². The quantitative estimate of drug-likeness (QED) is 0.262. The first-order valence-corrected chi connectivity index (χ1v) is 17.7. The van der Waals surface area contributed by atoms with Gasteiger partial charge in [0.15, 0.2) is 0 Å². The lowest BCUT2D eigenvalue weighted by molar-refractivity contribution is -0.138. The fourth-order valence-electron chi connectivity index (χ4n) is 7.99. The van der Waals surface area contributed by atoms with Crippen LogP contribution < -0.4 is 4.90 Å². The summed E-state index contributed by atoms with van der Waals surface area (Å²) in [5.41, 5.74) is 2.46. The lowest BCUT2D eigenvalue weighted by Gasteiger charge is -2.33. The molecule has 3 aromatic rings. The fourth-order valence-corrected chi connectivity index (χ4v) is 8.76. The SMILES string of the molecule is CC(c1cc2c(c(C(F)(F)F)c1)CN(c1cccc([C@H](c3nncs3)C3CCC3)c1)C2=O)N1CC[C@]2(CCN(C(=O)OC(C)(C)C)C2)C1. The molecular weight excluding hydrogens is 639 g/mol. The van der Waals surface area contributed by atoms with E-state index < -0.39 is 23.2 Å². The van der Waals surface area contributed by atoms with Crippen LogP contribution >= 0.6 is 11.3 Å². The zero-order valence-corrected chi connectivity index (χ0v) is 28.7. The molecule has 2 aromatic carbocycles.